The molecule has 82 valence electrons. The zero-order valence-electron chi connectivity index (χ0n) is 9.37. The Morgan fingerprint density at radius 1 is 1.40 bits per heavy atom. The van der Waals surface area contributed by atoms with E-state index in [-0.39, 0.29) is 11.3 Å². The Morgan fingerprint density at radius 3 is 2.47 bits per heavy atom. The average Bonchev–Trinajstić information content (AvgIpc) is 1.99. The van der Waals surface area contributed by atoms with Crippen molar-refractivity contribution in [3.8, 4) is 5.75 Å². The summed E-state index contributed by atoms with van der Waals surface area (Å²) >= 11 is 0. The van der Waals surface area contributed by atoms with Crippen molar-refractivity contribution in [2.45, 2.75) is 33.3 Å². The molecule has 0 unspecified atom stereocenters. The molecule has 0 bridgehead atoms. The van der Waals surface area contributed by atoms with Gasteiger partial charge in [-0.15, -0.1) is 0 Å². The topological polar surface area (TPSA) is 59.4 Å². The van der Waals surface area contributed by atoms with Gasteiger partial charge in [-0.3, -0.25) is 0 Å². The number of nitrogens with zero attached hydrogens (tertiary/aromatic N) is 1. The number of aromatic carboxylic acids is 1. The van der Waals surface area contributed by atoms with Crippen LogP contribution >= 0.6 is 0 Å². The lowest BCUT2D eigenvalue weighted by Gasteiger charge is -2.21. The van der Waals surface area contributed by atoms with E-state index in [0.717, 1.165) is 0 Å². The van der Waals surface area contributed by atoms with E-state index in [1.807, 2.05) is 20.8 Å². The number of hydrogen-bond acceptors (Lipinski definition) is 3. The monoisotopic (exact) mass is 209 g/mol. The third kappa shape index (κ3) is 3.58. The van der Waals surface area contributed by atoms with E-state index in [1.165, 1.54) is 6.07 Å². The summed E-state index contributed by atoms with van der Waals surface area (Å²) < 4.78 is 5.57. The van der Waals surface area contributed by atoms with E-state index in [1.54, 1.807) is 13.0 Å². The van der Waals surface area contributed by atoms with E-state index in [4.69, 9.17) is 9.84 Å². The molecule has 0 radical (unpaired) electrons. The second kappa shape index (κ2) is 3.88. The van der Waals surface area contributed by atoms with Crippen LogP contribution in [0.1, 0.15) is 37.0 Å². The molecule has 0 fully saturated rings. The summed E-state index contributed by atoms with van der Waals surface area (Å²) in [6, 6.07) is 3.15. The molecule has 0 spiro atoms. The molecule has 1 heterocycles. The van der Waals surface area contributed by atoms with Gasteiger partial charge in [-0.2, -0.15) is 0 Å². The molecule has 0 amide bonds. The van der Waals surface area contributed by atoms with Gasteiger partial charge in [0.2, 0.25) is 0 Å². The van der Waals surface area contributed by atoms with Crippen molar-refractivity contribution < 1.29 is 14.6 Å². The highest BCUT2D eigenvalue weighted by molar-refractivity contribution is 5.85. The smallest absolute Gasteiger partial charge is 0.354 e. The van der Waals surface area contributed by atoms with E-state index in [0.29, 0.717) is 11.4 Å². The number of carboxylic acids is 1. The largest absolute Gasteiger partial charge is 0.488 e. The number of carboxylic acid groups (broad SMARTS) is 1. The van der Waals surface area contributed by atoms with Gasteiger partial charge in [0.25, 0.3) is 0 Å². The van der Waals surface area contributed by atoms with Crippen LogP contribution in [0.2, 0.25) is 0 Å². The predicted octanol–water partition coefficient (Wildman–Crippen LogP) is 2.27. The lowest BCUT2D eigenvalue weighted by molar-refractivity contribution is 0.0687. The van der Waals surface area contributed by atoms with Crippen molar-refractivity contribution in [2.75, 3.05) is 0 Å². The molecule has 0 aromatic carbocycles. The van der Waals surface area contributed by atoms with Gasteiger partial charge in [0.05, 0.1) is 0 Å². The minimum atomic E-state index is -1.04. The maximum Gasteiger partial charge on any atom is 0.354 e. The quantitative estimate of drug-likeness (QED) is 0.811. The van der Waals surface area contributed by atoms with Crippen molar-refractivity contribution in [2.24, 2.45) is 0 Å². The summed E-state index contributed by atoms with van der Waals surface area (Å²) in [6.07, 6.45) is 0. The average molecular weight is 209 g/mol. The second-order valence-electron chi connectivity index (χ2n) is 4.35. The minimum Gasteiger partial charge on any atom is -0.488 e. The molecule has 0 saturated carbocycles. The molecule has 4 heteroatoms. The van der Waals surface area contributed by atoms with Crippen LogP contribution in [0, 0.1) is 6.92 Å². The first kappa shape index (κ1) is 11.5. The summed E-state index contributed by atoms with van der Waals surface area (Å²) in [5.41, 5.74) is 0.298. The number of hydrogen-bond donors (Lipinski definition) is 1. The Labute approximate surface area is 88.9 Å². The molecule has 0 atom stereocenters. The Hall–Kier alpha value is -1.58. The highest BCUT2D eigenvalue weighted by atomic mass is 16.5. The van der Waals surface area contributed by atoms with Gasteiger partial charge in [0, 0.05) is 17.8 Å². The van der Waals surface area contributed by atoms with Crippen LogP contribution < -0.4 is 4.74 Å². The lowest BCUT2D eigenvalue weighted by Crippen LogP contribution is -2.23. The number of carbonyl (C=O) groups is 1. The minimum absolute atomic E-state index is 0.00856. The van der Waals surface area contributed by atoms with Crippen LogP contribution in [0.25, 0.3) is 0 Å². The van der Waals surface area contributed by atoms with E-state index >= 15 is 0 Å². The first-order chi connectivity index (χ1) is 6.78. The number of ether oxygens (including phenoxy) is 1. The van der Waals surface area contributed by atoms with Crippen LogP contribution in [0.5, 0.6) is 5.75 Å². The molecule has 1 aromatic heterocycles. The Kier molecular flexibility index (Phi) is 2.98. The first-order valence-electron chi connectivity index (χ1n) is 4.69. The van der Waals surface area contributed by atoms with Gasteiger partial charge in [-0.05, 0) is 27.7 Å². The van der Waals surface area contributed by atoms with E-state index in [2.05, 4.69) is 4.98 Å². The molecule has 0 aliphatic rings. The molecular weight excluding hydrogens is 194 g/mol. The fraction of sp³-hybridized carbons (Fsp3) is 0.455. The zero-order valence-corrected chi connectivity index (χ0v) is 9.37. The summed E-state index contributed by atoms with van der Waals surface area (Å²) in [4.78, 5) is 14.6. The molecular formula is C11H15NO3. The van der Waals surface area contributed by atoms with Crippen molar-refractivity contribution in [1.82, 2.24) is 4.98 Å². The summed E-state index contributed by atoms with van der Waals surface area (Å²) in [5, 5.41) is 8.81. The first-order valence-corrected chi connectivity index (χ1v) is 4.69. The predicted molar refractivity (Wildman–Crippen MR) is 56.3 cm³/mol. The standard InChI is InChI=1S/C11H15NO3/c1-7-5-8(15-11(2,3)4)6-9(12-7)10(13)14/h5-6H,1-4H3,(H,13,14). The molecule has 15 heavy (non-hydrogen) atoms. The summed E-state index contributed by atoms with van der Waals surface area (Å²) in [7, 11) is 0. The molecule has 1 rings (SSSR count). The molecule has 1 N–H and O–H groups in total. The van der Waals surface area contributed by atoms with Gasteiger partial charge in [0.1, 0.15) is 11.4 Å². The van der Waals surface area contributed by atoms with Crippen LogP contribution in [0.4, 0.5) is 0 Å². The van der Waals surface area contributed by atoms with Crippen molar-refractivity contribution >= 4 is 5.97 Å². The van der Waals surface area contributed by atoms with Gasteiger partial charge in [0.15, 0.2) is 5.69 Å². The van der Waals surface area contributed by atoms with Crippen LogP contribution in [0.3, 0.4) is 0 Å². The summed E-state index contributed by atoms with van der Waals surface area (Å²) in [5.74, 6) is -0.509. The molecule has 1 aromatic rings. The van der Waals surface area contributed by atoms with Gasteiger partial charge >= 0.3 is 5.97 Å². The molecule has 0 aliphatic heterocycles. The SMILES string of the molecule is Cc1cc(OC(C)(C)C)cc(C(=O)O)n1. The Balaban J connectivity index is 3.04. The fourth-order valence-electron chi connectivity index (χ4n) is 1.16. The Morgan fingerprint density at radius 2 is 2.00 bits per heavy atom. The third-order valence-corrected chi connectivity index (χ3v) is 1.57. The number of pyridine rings is 1. The van der Waals surface area contributed by atoms with Crippen LogP contribution in [-0.2, 0) is 0 Å². The second-order valence-corrected chi connectivity index (χ2v) is 4.35. The number of rotatable bonds is 2. The number of aryl methyl sites for hydroxylation is 1. The maximum absolute atomic E-state index is 10.8. The van der Waals surface area contributed by atoms with E-state index < -0.39 is 5.97 Å². The zero-order chi connectivity index (χ0) is 11.6. The molecule has 0 aliphatic carbocycles. The molecule has 0 saturated heterocycles. The maximum atomic E-state index is 10.8. The van der Waals surface area contributed by atoms with Gasteiger partial charge in [-0.25, -0.2) is 9.78 Å². The lowest BCUT2D eigenvalue weighted by atomic mass is 10.2. The fourth-order valence-corrected chi connectivity index (χ4v) is 1.16. The third-order valence-electron chi connectivity index (χ3n) is 1.57. The molecule has 4 nitrogen and oxygen atoms in total. The van der Waals surface area contributed by atoms with E-state index in [9.17, 15) is 4.79 Å². The highest BCUT2D eigenvalue weighted by Crippen LogP contribution is 2.19. The van der Waals surface area contributed by atoms with Crippen LogP contribution in [0.15, 0.2) is 12.1 Å². The van der Waals surface area contributed by atoms with Crippen LogP contribution in [-0.4, -0.2) is 21.7 Å². The number of aromatic nitrogens is 1. The normalized spacial score (nSPS) is 11.2. The van der Waals surface area contributed by atoms with Crippen molar-refractivity contribution in [1.29, 1.82) is 0 Å². The van der Waals surface area contributed by atoms with Crippen molar-refractivity contribution in [3.05, 3.63) is 23.5 Å². The van der Waals surface area contributed by atoms with Gasteiger partial charge in [-0.1, -0.05) is 0 Å². The van der Waals surface area contributed by atoms with Crippen molar-refractivity contribution in [3.63, 3.8) is 0 Å². The Bertz CT molecular complexity index is 380. The highest BCUT2D eigenvalue weighted by Gasteiger charge is 2.14. The summed E-state index contributed by atoms with van der Waals surface area (Å²) in [6.45, 7) is 7.46. The van der Waals surface area contributed by atoms with Gasteiger partial charge < -0.3 is 9.84 Å².